The predicted molar refractivity (Wildman–Crippen MR) is 67.3 cm³/mol. The average Bonchev–Trinajstić information content (AvgIpc) is 2.22. The van der Waals surface area contributed by atoms with Gasteiger partial charge in [0.05, 0.1) is 11.6 Å². The molecule has 1 aromatic carbocycles. The van der Waals surface area contributed by atoms with Crippen molar-refractivity contribution < 1.29 is 9.13 Å². The second-order valence-electron chi connectivity index (χ2n) is 3.71. The van der Waals surface area contributed by atoms with Crippen molar-refractivity contribution in [3.63, 3.8) is 0 Å². The molecule has 0 spiro atoms. The highest BCUT2D eigenvalue weighted by atomic mass is 32.1. The third-order valence-corrected chi connectivity index (χ3v) is 2.37. The first-order chi connectivity index (χ1) is 7.59. The molecule has 0 saturated heterocycles. The van der Waals surface area contributed by atoms with E-state index in [2.05, 4.69) is 0 Å². The normalized spacial score (nSPS) is 10.1. The Balaban J connectivity index is 2.31. The van der Waals surface area contributed by atoms with Crippen LogP contribution >= 0.6 is 12.2 Å². The van der Waals surface area contributed by atoms with Crippen LogP contribution in [0.2, 0.25) is 0 Å². The smallest absolute Gasteiger partial charge is 0.165 e. The molecule has 2 N–H and O–H groups in total. The molecule has 0 bridgehead atoms. The number of aryl methyl sites for hydroxylation is 1. The van der Waals surface area contributed by atoms with Gasteiger partial charge in [-0.15, -0.1) is 0 Å². The second kappa shape index (κ2) is 6.43. The summed E-state index contributed by atoms with van der Waals surface area (Å²) in [6.45, 7) is 2.39. The molecule has 0 aliphatic carbocycles. The lowest BCUT2D eigenvalue weighted by Crippen LogP contribution is -2.08. The lowest BCUT2D eigenvalue weighted by Gasteiger charge is -2.07. The standard InChI is InChI=1S/C12H16FNOS/c1-9-5-6-10(13)11(8-9)15-7-3-2-4-12(14)16/h5-6,8H,2-4,7H2,1H3,(H2,14,16). The van der Waals surface area contributed by atoms with Crippen molar-refractivity contribution >= 4 is 17.2 Å². The molecule has 1 aromatic rings. The predicted octanol–water partition coefficient (Wildman–Crippen LogP) is 2.97. The van der Waals surface area contributed by atoms with Crippen LogP contribution in [0.3, 0.4) is 0 Å². The maximum atomic E-state index is 13.2. The fourth-order valence-electron chi connectivity index (χ4n) is 1.30. The van der Waals surface area contributed by atoms with Gasteiger partial charge in [-0.2, -0.15) is 0 Å². The fourth-order valence-corrected chi connectivity index (χ4v) is 1.45. The number of hydrogen-bond donors (Lipinski definition) is 1. The van der Waals surface area contributed by atoms with Gasteiger partial charge in [-0.3, -0.25) is 0 Å². The van der Waals surface area contributed by atoms with Gasteiger partial charge >= 0.3 is 0 Å². The summed E-state index contributed by atoms with van der Waals surface area (Å²) in [4.78, 5) is 0.515. The molecule has 0 unspecified atom stereocenters. The highest BCUT2D eigenvalue weighted by molar-refractivity contribution is 7.80. The quantitative estimate of drug-likeness (QED) is 0.614. The van der Waals surface area contributed by atoms with Crippen molar-refractivity contribution in [3.8, 4) is 5.75 Å². The number of nitrogens with two attached hydrogens (primary N) is 1. The van der Waals surface area contributed by atoms with Crippen LogP contribution in [0.25, 0.3) is 0 Å². The molecule has 0 aliphatic heterocycles. The summed E-state index contributed by atoms with van der Waals surface area (Å²) in [7, 11) is 0. The summed E-state index contributed by atoms with van der Waals surface area (Å²) >= 11 is 4.75. The zero-order chi connectivity index (χ0) is 12.0. The third-order valence-electron chi connectivity index (χ3n) is 2.16. The van der Waals surface area contributed by atoms with Crippen molar-refractivity contribution in [3.05, 3.63) is 29.6 Å². The number of halogens is 1. The summed E-state index contributed by atoms with van der Waals surface area (Å²) in [6.07, 6.45) is 2.42. The highest BCUT2D eigenvalue weighted by Crippen LogP contribution is 2.18. The maximum absolute atomic E-state index is 13.2. The van der Waals surface area contributed by atoms with Crippen molar-refractivity contribution in [1.82, 2.24) is 0 Å². The molecule has 1 rings (SSSR count). The Morgan fingerprint density at radius 2 is 2.19 bits per heavy atom. The van der Waals surface area contributed by atoms with Crippen LogP contribution in [-0.2, 0) is 0 Å². The molecule has 2 nitrogen and oxygen atoms in total. The zero-order valence-electron chi connectivity index (χ0n) is 9.33. The first-order valence-electron chi connectivity index (χ1n) is 5.27. The summed E-state index contributed by atoms with van der Waals surface area (Å²) in [5, 5.41) is 0. The van der Waals surface area contributed by atoms with E-state index < -0.39 is 0 Å². The number of unbranched alkanes of at least 4 members (excludes halogenated alkanes) is 1. The van der Waals surface area contributed by atoms with E-state index in [0.29, 0.717) is 17.3 Å². The molecule has 0 atom stereocenters. The van der Waals surface area contributed by atoms with Crippen LogP contribution < -0.4 is 10.5 Å². The lowest BCUT2D eigenvalue weighted by atomic mass is 10.2. The Morgan fingerprint density at radius 3 is 2.88 bits per heavy atom. The molecule has 0 heterocycles. The molecule has 88 valence electrons. The van der Waals surface area contributed by atoms with E-state index in [1.807, 2.05) is 6.92 Å². The Morgan fingerprint density at radius 1 is 1.44 bits per heavy atom. The van der Waals surface area contributed by atoms with Crippen molar-refractivity contribution in [1.29, 1.82) is 0 Å². The van der Waals surface area contributed by atoms with Gasteiger partial charge in [-0.05, 0) is 43.9 Å². The van der Waals surface area contributed by atoms with E-state index in [1.165, 1.54) is 6.07 Å². The van der Waals surface area contributed by atoms with Gasteiger partial charge in [-0.1, -0.05) is 18.3 Å². The van der Waals surface area contributed by atoms with Crippen LogP contribution in [0.4, 0.5) is 4.39 Å². The van der Waals surface area contributed by atoms with Crippen molar-refractivity contribution in [2.24, 2.45) is 5.73 Å². The SMILES string of the molecule is Cc1ccc(F)c(OCCCCC(N)=S)c1. The van der Waals surface area contributed by atoms with Crippen LogP contribution in [0.1, 0.15) is 24.8 Å². The average molecular weight is 241 g/mol. The molecule has 0 aromatic heterocycles. The van der Waals surface area contributed by atoms with Gasteiger partial charge in [0.25, 0.3) is 0 Å². The first kappa shape index (κ1) is 12.9. The number of benzene rings is 1. The van der Waals surface area contributed by atoms with E-state index >= 15 is 0 Å². The Hall–Kier alpha value is -1.16. The van der Waals surface area contributed by atoms with Crippen LogP contribution in [0.5, 0.6) is 5.75 Å². The second-order valence-corrected chi connectivity index (χ2v) is 4.23. The Labute approximate surface area is 101 Å². The highest BCUT2D eigenvalue weighted by Gasteiger charge is 2.02. The third kappa shape index (κ3) is 4.57. The molecule has 4 heteroatoms. The number of rotatable bonds is 6. The molecule has 0 amide bonds. The van der Waals surface area contributed by atoms with E-state index in [-0.39, 0.29) is 5.82 Å². The lowest BCUT2D eigenvalue weighted by molar-refractivity contribution is 0.293. The maximum Gasteiger partial charge on any atom is 0.165 e. The first-order valence-corrected chi connectivity index (χ1v) is 5.67. The summed E-state index contributed by atoms with van der Waals surface area (Å²) in [5.74, 6) is -0.00438. The minimum atomic E-state index is -0.319. The van der Waals surface area contributed by atoms with Crippen LogP contribution in [-0.4, -0.2) is 11.6 Å². The van der Waals surface area contributed by atoms with Gasteiger partial charge in [0.2, 0.25) is 0 Å². The zero-order valence-corrected chi connectivity index (χ0v) is 10.1. The topological polar surface area (TPSA) is 35.2 Å². The van der Waals surface area contributed by atoms with E-state index in [0.717, 1.165) is 24.8 Å². The van der Waals surface area contributed by atoms with Gasteiger partial charge in [0, 0.05) is 0 Å². The molecule has 0 aliphatic rings. The van der Waals surface area contributed by atoms with E-state index in [4.69, 9.17) is 22.7 Å². The van der Waals surface area contributed by atoms with Gasteiger partial charge in [-0.25, -0.2) is 4.39 Å². The molecule has 0 saturated carbocycles. The van der Waals surface area contributed by atoms with Crippen LogP contribution in [0.15, 0.2) is 18.2 Å². The minimum Gasteiger partial charge on any atom is -0.491 e. The van der Waals surface area contributed by atoms with E-state index in [9.17, 15) is 4.39 Å². The van der Waals surface area contributed by atoms with E-state index in [1.54, 1.807) is 12.1 Å². The van der Waals surface area contributed by atoms with Crippen molar-refractivity contribution in [2.75, 3.05) is 6.61 Å². The summed E-state index contributed by atoms with van der Waals surface area (Å²) in [5.41, 5.74) is 6.35. The minimum absolute atomic E-state index is 0.315. The molecule has 16 heavy (non-hydrogen) atoms. The molecular formula is C12H16FNOS. The number of ether oxygens (including phenoxy) is 1. The van der Waals surface area contributed by atoms with Crippen molar-refractivity contribution in [2.45, 2.75) is 26.2 Å². The Kier molecular flexibility index (Phi) is 5.19. The monoisotopic (exact) mass is 241 g/mol. The number of thiocarbonyl (C=S) groups is 1. The Bertz CT molecular complexity index is 368. The van der Waals surface area contributed by atoms with Gasteiger partial charge in [0.15, 0.2) is 11.6 Å². The van der Waals surface area contributed by atoms with Crippen LogP contribution in [0, 0.1) is 12.7 Å². The fraction of sp³-hybridized carbons (Fsp3) is 0.417. The summed E-state index contributed by atoms with van der Waals surface area (Å²) in [6, 6.07) is 4.83. The summed E-state index contributed by atoms with van der Waals surface area (Å²) < 4.78 is 18.6. The molecule has 0 fully saturated rings. The molecular weight excluding hydrogens is 225 g/mol. The number of hydrogen-bond acceptors (Lipinski definition) is 2. The van der Waals surface area contributed by atoms with Gasteiger partial charge in [0.1, 0.15) is 0 Å². The molecule has 0 radical (unpaired) electrons. The largest absolute Gasteiger partial charge is 0.491 e. The van der Waals surface area contributed by atoms with Gasteiger partial charge < -0.3 is 10.5 Å².